The normalized spacial score (nSPS) is 10.9. The Kier molecular flexibility index (Phi) is 4.74. The molecule has 0 radical (unpaired) electrons. The van der Waals surface area contributed by atoms with Gasteiger partial charge in [0.25, 0.3) is 0 Å². The van der Waals surface area contributed by atoms with Crippen LogP contribution >= 0.6 is 57.8 Å². The summed E-state index contributed by atoms with van der Waals surface area (Å²) in [4.78, 5) is 31.3. The molecular weight excluding hydrogens is 429 g/mol. The van der Waals surface area contributed by atoms with E-state index in [1.54, 1.807) is 0 Å². The van der Waals surface area contributed by atoms with Gasteiger partial charge >= 0.3 is 0 Å². The highest BCUT2D eigenvalue weighted by molar-refractivity contribution is 7.25. The van der Waals surface area contributed by atoms with E-state index < -0.39 is 11.8 Å². The van der Waals surface area contributed by atoms with E-state index in [0.29, 0.717) is 20.4 Å². The molecule has 2 aromatic heterocycles. The van der Waals surface area contributed by atoms with E-state index in [-0.39, 0.29) is 20.8 Å². The summed E-state index contributed by atoms with van der Waals surface area (Å²) in [5.41, 5.74) is 0.890. The highest BCUT2D eigenvalue weighted by atomic mass is 35.5. The van der Waals surface area contributed by atoms with Crippen molar-refractivity contribution in [3.63, 3.8) is 0 Å². The quantitative estimate of drug-likeness (QED) is 0.556. The minimum Gasteiger partial charge on any atom is -0.273 e. The number of hydrogen-bond donors (Lipinski definition) is 0. The third-order valence-corrected chi connectivity index (χ3v) is 6.57. The zero-order chi connectivity index (χ0) is 18.5. The molecule has 0 spiro atoms. The summed E-state index contributed by atoms with van der Waals surface area (Å²) in [5.74, 6) is -0.839. The van der Waals surface area contributed by atoms with Crippen LogP contribution < -0.4 is 8.84 Å². The van der Waals surface area contributed by atoms with Gasteiger partial charge in [0.2, 0.25) is 22.1 Å². The molecule has 0 bridgehead atoms. The Morgan fingerprint density at radius 3 is 1.72 bits per heavy atom. The summed E-state index contributed by atoms with van der Waals surface area (Å²) in [6, 6.07) is 2.09. The molecule has 0 saturated heterocycles. The first-order chi connectivity index (χ1) is 11.8. The van der Waals surface area contributed by atoms with Gasteiger partial charge in [0.05, 0.1) is 20.0 Å². The number of aromatic nitrogens is 2. The van der Waals surface area contributed by atoms with E-state index in [9.17, 15) is 14.9 Å². The first kappa shape index (κ1) is 18.1. The van der Waals surface area contributed by atoms with Crippen LogP contribution in [0.4, 0.5) is 10.3 Å². The van der Waals surface area contributed by atoms with Gasteiger partial charge in [0.1, 0.15) is 17.1 Å². The van der Waals surface area contributed by atoms with Gasteiger partial charge in [-0.1, -0.05) is 34.3 Å². The van der Waals surface area contributed by atoms with Gasteiger partial charge in [-0.25, -0.2) is 9.97 Å². The first-order valence-corrected chi connectivity index (χ1v) is 9.20. The van der Waals surface area contributed by atoms with Gasteiger partial charge in [-0.05, 0) is 0 Å². The standard InChI is InChI=1S/C13H6Cl3N5O2S2/c1-4(22)20(15)12-18-8-7(14)9-11(6(3-17)10(8)24-12)25-13(19-9)21(16)5(2)23/h1-2H3. The van der Waals surface area contributed by atoms with Gasteiger partial charge in [0, 0.05) is 37.4 Å². The van der Waals surface area contributed by atoms with Gasteiger partial charge in [-0.15, -0.1) is 0 Å². The van der Waals surface area contributed by atoms with Crippen LogP contribution in [0.5, 0.6) is 0 Å². The molecular formula is C13H6Cl3N5O2S2. The second-order valence-corrected chi connectivity index (χ2v) is 7.76. The maximum atomic E-state index is 11.4. The molecule has 0 aliphatic heterocycles. The van der Waals surface area contributed by atoms with Crippen LogP contribution in [0.1, 0.15) is 19.4 Å². The molecule has 0 N–H and O–H groups in total. The summed E-state index contributed by atoms with van der Waals surface area (Å²) < 4.78 is 2.65. The van der Waals surface area contributed by atoms with E-state index in [0.717, 1.165) is 31.5 Å². The number of amides is 2. The van der Waals surface area contributed by atoms with Crippen molar-refractivity contribution in [1.82, 2.24) is 9.97 Å². The fourth-order valence-electron chi connectivity index (χ4n) is 2.01. The predicted octanol–water partition coefficient (Wildman–Crippen LogP) is 4.44. The lowest BCUT2D eigenvalue weighted by Crippen LogP contribution is -2.15. The average Bonchev–Trinajstić information content (AvgIpc) is 3.18. The van der Waals surface area contributed by atoms with Gasteiger partial charge in [-0.3, -0.25) is 9.59 Å². The highest BCUT2D eigenvalue weighted by Crippen LogP contribution is 2.44. The molecule has 128 valence electrons. The van der Waals surface area contributed by atoms with E-state index in [1.165, 1.54) is 13.8 Å². The predicted molar refractivity (Wildman–Crippen MR) is 101 cm³/mol. The number of halogens is 3. The number of carbonyl (C=O) groups is 2. The van der Waals surface area contributed by atoms with Gasteiger partial charge < -0.3 is 0 Å². The van der Waals surface area contributed by atoms with Crippen molar-refractivity contribution in [1.29, 1.82) is 5.26 Å². The molecule has 0 saturated carbocycles. The van der Waals surface area contributed by atoms with E-state index in [1.807, 2.05) is 0 Å². The first-order valence-electron chi connectivity index (χ1n) is 6.51. The molecule has 12 heteroatoms. The lowest BCUT2D eigenvalue weighted by Gasteiger charge is -2.05. The Hall–Kier alpha value is -1.70. The number of fused-ring (bicyclic) bond motifs is 2. The van der Waals surface area contributed by atoms with Crippen LogP contribution in [0.3, 0.4) is 0 Å². The molecule has 0 atom stereocenters. The van der Waals surface area contributed by atoms with Crippen molar-refractivity contribution in [2.24, 2.45) is 0 Å². The maximum absolute atomic E-state index is 11.4. The SMILES string of the molecule is CC(=O)N(Cl)c1nc2c(Cl)c3nc(N(Cl)C(C)=O)sc3c(C#N)c2s1. The average molecular weight is 435 g/mol. The van der Waals surface area contributed by atoms with E-state index >= 15 is 0 Å². The minimum atomic E-state index is -0.420. The summed E-state index contributed by atoms with van der Waals surface area (Å²) in [5, 5.41) is 10.2. The maximum Gasteiger partial charge on any atom is 0.240 e. The minimum absolute atomic E-state index is 0.191. The zero-order valence-electron chi connectivity index (χ0n) is 12.5. The van der Waals surface area contributed by atoms with Crippen LogP contribution in [0.2, 0.25) is 5.02 Å². The Bertz CT molecular complexity index is 1010. The number of nitrogens with zero attached hydrogens (tertiary/aromatic N) is 5. The summed E-state index contributed by atoms with van der Waals surface area (Å²) in [7, 11) is 0. The zero-order valence-corrected chi connectivity index (χ0v) is 16.4. The van der Waals surface area contributed by atoms with E-state index in [2.05, 4.69) is 16.0 Å². The fourth-order valence-corrected chi connectivity index (χ4v) is 4.79. The van der Waals surface area contributed by atoms with Gasteiger partial charge in [-0.2, -0.15) is 14.1 Å². The van der Waals surface area contributed by atoms with Crippen molar-refractivity contribution in [2.45, 2.75) is 13.8 Å². The summed E-state index contributed by atoms with van der Waals surface area (Å²) in [6.45, 7) is 2.57. The van der Waals surface area contributed by atoms with E-state index in [4.69, 9.17) is 35.2 Å². The second-order valence-electron chi connectivity index (χ2n) is 4.75. The molecule has 2 amide bonds. The lowest BCUT2D eigenvalue weighted by atomic mass is 10.2. The second kappa shape index (κ2) is 6.55. The molecule has 0 unspecified atom stereocenters. The Morgan fingerprint density at radius 2 is 1.40 bits per heavy atom. The molecule has 2 heterocycles. The Balaban J connectivity index is 2.34. The van der Waals surface area contributed by atoms with Crippen LogP contribution in [0, 0.1) is 11.3 Å². The fraction of sp³-hybridized carbons (Fsp3) is 0.154. The van der Waals surface area contributed by atoms with Crippen molar-refractivity contribution >= 4 is 100 Å². The summed E-state index contributed by atoms with van der Waals surface area (Å²) in [6.07, 6.45) is 0. The van der Waals surface area contributed by atoms with Crippen molar-refractivity contribution in [3.8, 4) is 6.07 Å². The number of carbonyl (C=O) groups excluding carboxylic acids is 2. The number of thiazole rings is 2. The van der Waals surface area contributed by atoms with Crippen LogP contribution in [0.25, 0.3) is 20.4 Å². The van der Waals surface area contributed by atoms with Crippen molar-refractivity contribution in [3.05, 3.63) is 10.6 Å². The third kappa shape index (κ3) is 2.90. The van der Waals surface area contributed by atoms with Crippen LogP contribution in [-0.4, -0.2) is 21.8 Å². The monoisotopic (exact) mass is 433 g/mol. The molecule has 3 aromatic rings. The summed E-state index contributed by atoms with van der Waals surface area (Å²) >= 11 is 20.3. The third-order valence-electron chi connectivity index (χ3n) is 3.10. The molecule has 25 heavy (non-hydrogen) atoms. The largest absolute Gasteiger partial charge is 0.273 e. The number of benzene rings is 1. The van der Waals surface area contributed by atoms with Gasteiger partial charge in [0.15, 0.2) is 0 Å². The molecule has 1 aromatic carbocycles. The number of nitriles is 1. The smallest absolute Gasteiger partial charge is 0.240 e. The lowest BCUT2D eigenvalue weighted by molar-refractivity contribution is -0.116. The topological polar surface area (TPSA) is 90.2 Å². The Morgan fingerprint density at radius 1 is 1.00 bits per heavy atom. The molecule has 3 rings (SSSR count). The van der Waals surface area contributed by atoms with Crippen LogP contribution in [0.15, 0.2) is 0 Å². The molecule has 0 fully saturated rings. The molecule has 0 aliphatic rings. The van der Waals surface area contributed by atoms with Crippen molar-refractivity contribution in [2.75, 3.05) is 8.84 Å². The number of hydrogen-bond acceptors (Lipinski definition) is 7. The number of anilines is 2. The Labute approximate surface area is 164 Å². The van der Waals surface area contributed by atoms with Crippen LogP contribution in [-0.2, 0) is 9.59 Å². The number of rotatable bonds is 2. The van der Waals surface area contributed by atoms with Crippen molar-refractivity contribution < 1.29 is 9.59 Å². The highest BCUT2D eigenvalue weighted by Gasteiger charge is 2.25. The molecule has 0 aliphatic carbocycles. The molecule has 7 nitrogen and oxygen atoms in total.